The van der Waals surface area contributed by atoms with Crippen LogP contribution in [-0.2, 0) is 22.7 Å². The van der Waals surface area contributed by atoms with Crippen molar-refractivity contribution in [3.63, 3.8) is 0 Å². The highest BCUT2D eigenvalue weighted by atomic mass is 16.5. The van der Waals surface area contributed by atoms with Crippen LogP contribution in [0.15, 0.2) is 18.2 Å². The van der Waals surface area contributed by atoms with Gasteiger partial charge in [-0.25, -0.2) is 0 Å². The van der Waals surface area contributed by atoms with Gasteiger partial charge in [0.15, 0.2) is 0 Å². The molecule has 0 bridgehead atoms. The third-order valence-corrected chi connectivity index (χ3v) is 3.85. The van der Waals surface area contributed by atoms with E-state index in [1.54, 1.807) is 0 Å². The lowest BCUT2D eigenvalue weighted by Gasteiger charge is -2.22. The maximum Gasteiger partial charge on any atom is 0.0725 e. The van der Waals surface area contributed by atoms with Crippen molar-refractivity contribution in [3.8, 4) is 0 Å². The number of benzene rings is 1. The average Bonchev–Trinajstić information content (AvgIpc) is 2.99. The summed E-state index contributed by atoms with van der Waals surface area (Å²) in [7, 11) is 2.03. The molecule has 3 heteroatoms. The molecule has 1 fully saturated rings. The summed E-state index contributed by atoms with van der Waals surface area (Å²) in [5.74, 6) is 0.598. The third kappa shape index (κ3) is 2.10. The largest absolute Gasteiger partial charge is 0.381 e. The molecular weight excluding hydrogens is 214 g/mol. The molecule has 92 valence electrons. The van der Waals surface area contributed by atoms with Crippen LogP contribution in [0.5, 0.6) is 0 Å². The molecule has 2 aliphatic heterocycles. The molecule has 3 rings (SSSR count). The van der Waals surface area contributed by atoms with Gasteiger partial charge in [-0.15, -0.1) is 0 Å². The lowest BCUT2D eigenvalue weighted by molar-refractivity contribution is 0.134. The van der Waals surface area contributed by atoms with Crippen molar-refractivity contribution >= 4 is 0 Å². The molecule has 2 aliphatic rings. The van der Waals surface area contributed by atoms with Gasteiger partial charge in [-0.2, -0.15) is 0 Å². The maximum absolute atomic E-state index is 5.49. The standard InChI is InChI=1S/C14H19NO2/c1-15-14(12-4-5-16-8-12)10-2-3-11-7-17-9-13(11)6-10/h2-3,6,12,14-15H,4-5,7-9H2,1H3. The van der Waals surface area contributed by atoms with E-state index in [-0.39, 0.29) is 0 Å². The highest BCUT2D eigenvalue weighted by molar-refractivity contribution is 5.35. The van der Waals surface area contributed by atoms with Crippen LogP contribution in [0.4, 0.5) is 0 Å². The monoisotopic (exact) mass is 233 g/mol. The Bertz CT molecular complexity index is 399. The molecule has 1 saturated heterocycles. The van der Waals surface area contributed by atoms with E-state index in [2.05, 4.69) is 23.5 Å². The summed E-state index contributed by atoms with van der Waals surface area (Å²) in [6.45, 7) is 3.31. The van der Waals surface area contributed by atoms with Gasteiger partial charge in [0, 0.05) is 18.6 Å². The number of hydrogen-bond acceptors (Lipinski definition) is 3. The van der Waals surface area contributed by atoms with E-state index >= 15 is 0 Å². The molecule has 1 aromatic carbocycles. The van der Waals surface area contributed by atoms with Gasteiger partial charge in [0.05, 0.1) is 19.8 Å². The predicted molar refractivity (Wildman–Crippen MR) is 65.7 cm³/mol. The molecule has 2 unspecified atom stereocenters. The molecule has 17 heavy (non-hydrogen) atoms. The second-order valence-corrected chi connectivity index (χ2v) is 4.91. The summed E-state index contributed by atoms with van der Waals surface area (Å²) in [6, 6.07) is 7.13. The van der Waals surface area contributed by atoms with Gasteiger partial charge in [0.1, 0.15) is 0 Å². The Hall–Kier alpha value is -0.900. The Balaban J connectivity index is 1.85. The fourth-order valence-electron chi connectivity index (χ4n) is 2.88. The minimum absolute atomic E-state index is 0.406. The lowest BCUT2D eigenvalue weighted by atomic mass is 9.91. The minimum Gasteiger partial charge on any atom is -0.381 e. The number of fused-ring (bicyclic) bond motifs is 1. The van der Waals surface area contributed by atoms with E-state index in [0.717, 1.165) is 32.8 Å². The normalized spacial score (nSPS) is 24.9. The molecule has 1 aromatic rings. The Morgan fingerprint density at radius 2 is 2.12 bits per heavy atom. The van der Waals surface area contributed by atoms with Crippen LogP contribution < -0.4 is 5.32 Å². The summed E-state index contributed by atoms with van der Waals surface area (Å²) in [5.41, 5.74) is 4.06. The number of nitrogens with one attached hydrogen (secondary N) is 1. The van der Waals surface area contributed by atoms with E-state index in [1.807, 2.05) is 7.05 Å². The van der Waals surface area contributed by atoms with Gasteiger partial charge in [0.25, 0.3) is 0 Å². The molecule has 1 N–H and O–H groups in total. The van der Waals surface area contributed by atoms with E-state index in [0.29, 0.717) is 12.0 Å². The quantitative estimate of drug-likeness (QED) is 0.866. The van der Waals surface area contributed by atoms with Crippen molar-refractivity contribution in [2.24, 2.45) is 5.92 Å². The van der Waals surface area contributed by atoms with Crippen LogP contribution in [0.3, 0.4) is 0 Å². The zero-order chi connectivity index (χ0) is 11.7. The number of hydrogen-bond donors (Lipinski definition) is 1. The molecular formula is C14H19NO2. The second kappa shape index (κ2) is 4.77. The number of rotatable bonds is 3. The fraction of sp³-hybridized carbons (Fsp3) is 0.571. The van der Waals surface area contributed by atoms with Gasteiger partial charge < -0.3 is 14.8 Å². The Morgan fingerprint density at radius 1 is 1.24 bits per heavy atom. The molecule has 3 nitrogen and oxygen atoms in total. The maximum atomic E-state index is 5.49. The first-order chi connectivity index (χ1) is 8.38. The highest BCUT2D eigenvalue weighted by Crippen LogP contribution is 2.31. The van der Waals surface area contributed by atoms with Gasteiger partial charge >= 0.3 is 0 Å². The number of ether oxygens (including phenoxy) is 2. The summed E-state index contributed by atoms with van der Waals surface area (Å²) in [5, 5.41) is 3.43. The van der Waals surface area contributed by atoms with Crippen molar-refractivity contribution in [1.82, 2.24) is 5.32 Å². The SMILES string of the molecule is CNC(c1ccc2c(c1)COC2)C1CCOC1. The first-order valence-electron chi connectivity index (χ1n) is 6.33. The third-order valence-electron chi connectivity index (χ3n) is 3.85. The van der Waals surface area contributed by atoms with Crippen molar-refractivity contribution in [2.75, 3.05) is 20.3 Å². The molecule has 0 aromatic heterocycles. The zero-order valence-electron chi connectivity index (χ0n) is 10.2. The summed E-state index contributed by atoms with van der Waals surface area (Å²) in [6.07, 6.45) is 1.15. The minimum atomic E-state index is 0.406. The topological polar surface area (TPSA) is 30.5 Å². The average molecular weight is 233 g/mol. The van der Waals surface area contributed by atoms with Gasteiger partial charge in [-0.3, -0.25) is 0 Å². The second-order valence-electron chi connectivity index (χ2n) is 4.91. The first kappa shape index (κ1) is 11.2. The van der Waals surface area contributed by atoms with Crippen LogP contribution in [-0.4, -0.2) is 20.3 Å². The van der Waals surface area contributed by atoms with E-state index in [1.165, 1.54) is 16.7 Å². The summed E-state index contributed by atoms with van der Waals surface area (Å²) >= 11 is 0. The molecule has 2 atom stereocenters. The Labute approximate surface area is 102 Å². The predicted octanol–water partition coefficient (Wildman–Crippen LogP) is 2.01. The van der Waals surface area contributed by atoms with Crippen molar-refractivity contribution in [3.05, 3.63) is 34.9 Å². The molecule has 0 aliphatic carbocycles. The Morgan fingerprint density at radius 3 is 2.88 bits per heavy atom. The Kier molecular flexibility index (Phi) is 3.14. The van der Waals surface area contributed by atoms with Crippen LogP contribution in [0.2, 0.25) is 0 Å². The van der Waals surface area contributed by atoms with E-state index in [9.17, 15) is 0 Å². The molecule has 0 radical (unpaired) electrons. The highest BCUT2D eigenvalue weighted by Gasteiger charge is 2.26. The zero-order valence-corrected chi connectivity index (χ0v) is 10.2. The summed E-state index contributed by atoms with van der Waals surface area (Å²) in [4.78, 5) is 0. The van der Waals surface area contributed by atoms with Gasteiger partial charge in [-0.05, 0) is 30.2 Å². The molecule has 0 amide bonds. The van der Waals surface area contributed by atoms with Crippen LogP contribution >= 0.6 is 0 Å². The van der Waals surface area contributed by atoms with Crippen LogP contribution in [0.1, 0.15) is 29.2 Å². The first-order valence-corrected chi connectivity index (χ1v) is 6.33. The van der Waals surface area contributed by atoms with Crippen molar-refractivity contribution < 1.29 is 9.47 Å². The fourth-order valence-corrected chi connectivity index (χ4v) is 2.88. The molecule has 0 saturated carbocycles. The van der Waals surface area contributed by atoms with Crippen molar-refractivity contribution in [2.45, 2.75) is 25.7 Å². The van der Waals surface area contributed by atoms with Gasteiger partial charge in [0.2, 0.25) is 0 Å². The van der Waals surface area contributed by atoms with E-state index < -0.39 is 0 Å². The van der Waals surface area contributed by atoms with Gasteiger partial charge in [-0.1, -0.05) is 18.2 Å². The van der Waals surface area contributed by atoms with E-state index in [4.69, 9.17) is 9.47 Å². The van der Waals surface area contributed by atoms with Crippen molar-refractivity contribution in [1.29, 1.82) is 0 Å². The molecule has 0 spiro atoms. The molecule has 2 heterocycles. The summed E-state index contributed by atoms with van der Waals surface area (Å²) < 4.78 is 11.0. The smallest absolute Gasteiger partial charge is 0.0725 e. The lowest BCUT2D eigenvalue weighted by Crippen LogP contribution is -2.25. The van der Waals surface area contributed by atoms with Crippen LogP contribution in [0.25, 0.3) is 0 Å². The van der Waals surface area contributed by atoms with Crippen LogP contribution in [0, 0.1) is 5.92 Å².